The molecule has 0 atom stereocenters. The number of nitrogens with one attached hydrogen (secondary N) is 1. The predicted octanol–water partition coefficient (Wildman–Crippen LogP) is 10.7. The van der Waals surface area contributed by atoms with Gasteiger partial charge in [-0.25, -0.2) is 14.8 Å². The Hall–Kier alpha value is -4.22. The van der Waals surface area contributed by atoms with E-state index in [1.807, 2.05) is 111 Å². The van der Waals surface area contributed by atoms with Gasteiger partial charge in [0.2, 0.25) is 0 Å². The van der Waals surface area contributed by atoms with Gasteiger partial charge in [-0.1, -0.05) is 112 Å². The van der Waals surface area contributed by atoms with Gasteiger partial charge in [-0.15, -0.1) is 0 Å². The lowest BCUT2D eigenvalue weighted by Crippen LogP contribution is -2.28. The van der Waals surface area contributed by atoms with Crippen LogP contribution in [-0.2, 0) is 23.8 Å². The van der Waals surface area contributed by atoms with Gasteiger partial charge in [0.1, 0.15) is 5.60 Å². The molecule has 1 aromatic carbocycles. The lowest BCUT2D eigenvalue weighted by atomic mass is 9.95. The van der Waals surface area contributed by atoms with Crippen molar-refractivity contribution in [3.05, 3.63) is 106 Å². The van der Waals surface area contributed by atoms with Gasteiger partial charge in [-0.2, -0.15) is 0 Å². The van der Waals surface area contributed by atoms with E-state index in [1.165, 1.54) is 18.2 Å². The van der Waals surface area contributed by atoms with E-state index in [0.717, 1.165) is 68.6 Å². The fourth-order valence-corrected chi connectivity index (χ4v) is 5.05. The highest BCUT2D eigenvalue weighted by atomic mass is 16.6. The van der Waals surface area contributed by atoms with E-state index in [4.69, 9.17) is 19.9 Å². The van der Waals surface area contributed by atoms with Crippen LogP contribution in [0, 0.1) is 6.92 Å². The number of carbonyl (C=O) groups excluding carboxylic acids is 2. The van der Waals surface area contributed by atoms with Crippen molar-refractivity contribution in [2.75, 3.05) is 60.6 Å². The van der Waals surface area contributed by atoms with Crippen molar-refractivity contribution in [3.63, 3.8) is 0 Å². The normalized spacial score (nSPS) is 12.6. The van der Waals surface area contributed by atoms with Crippen molar-refractivity contribution in [3.8, 4) is 0 Å². The number of unbranched alkanes of at least 4 members (excludes halogenated alkanes) is 1. The SMILES string of the molecule is C=NC(=N/C=C\C)c1ccc(C)cc1.CC.CC/C=C(\C=C/COCC)CCN(C)CCNC.CCC\C=C/C(=C(\C)C(=O)OC)C(=C/CCC(=O)OC(C)(C)C)/CCN. The fraction of sp³-hybridized carbons (Fsp3) is 0.560. The lowest BCUT2D eigenvalue weighted by Gasteiger charge is -2.19. The topological polar surface area (TPSA) is 128 Å². The molecular formula is C50H85N5O5. The first-order valence-electron chi connectivity index (χ1n) is 21.7. The summed E-state index contributed by atoms with van der Waals surface area (Å²) in [6.07, 6.45) is 21.7. The van der Waals surface area contributed by atoms with Crippen LogP contribution >= 0.6 is 0 Å². The molecule has 0 amide bonds. The Morgan fingerprint density at radius 1 is 0.967 bits per heavy atom. The van der Waals surface area contributed by atoms with Crippen LogP contribution in [0.15, 0.2) is 105 Å². The van der Waals surface area contributed by atoms with E-state index in [9.17, 15) is 9.59 Å². The summed E-state index contributed by atoms with van der Waals surface area (Å²) >= 11 is 0. The number of rotatable bonds is 23. The van der Waals surface area contributed by atoms with E-state index in [0.29, 0.717) is 37.4 Å². The van der Waals surface area contributed by atoms with Gasteiger partial charge in [0.25, 0.3) is 0 Å². The van der Waals surface area contributed by atoms with E-state index < -0.39 is 5.60 Å². The second-order valence-corrected chi connectivity index (χ2v) is 14.5. The Morgan fingerprint density at radius 2 is 1.63 bits per heavy atom. The Balaban J connectivity index is -0.000000833. The van der Waals surface area contributed by atoms with Crippen LogP contribution in [0.25, 0.3) is 0 Å². The number of ether oxygens (including phenoxy) is 3. The number of esters is 2. The molecule has 0 aromatic heterocycles. The van der Waals surface area contributed by atoms with Gasteiger partial charge in [0.15, 0.2) is 5.84 Å². The number of nitrogens with zero attached hydrogens (tertiary/aromatic N) is 3. The zero-order valence-electron chi connectivity index (χ0n) is 40.3. The molecule has 0 unspecified atom stereocenters. The van der Waals surface area contributed by atoms with Gasteiger partial charge in [0.05, 0.1) is 13.7 Å². The van der Waals surface area contributed by atoms with Gasteiger partial charge in [-0.3, -0.25) is 4.79 Å². The second kappa shape index (κ2) is 40.2. The molecule has 1 rings (SSSR count). The van der Waals surface area contributed by atoms with Gasteiger partial charge in [0, 0.05) is 50.0 Å². The number of hydrogen-bond acceptors (Lipinski definition) is 9. The fourth-order valence-electron chi connectivity index (χ4n) is 5.05. The molecule has 0 radical (unpaired) electrons. The molecule has 0 spiro atoms. The second-order valence-electron chi connectivity index (χ2n) is 14.5. The van der Waals surface area contributed by atoms with Crippen molar-refractivity contribution in [1.82, 2.24) is 10.2 Å². The number of benzene rings is 1. The Kier molecular flexibility index (Phi) is 40.3. The minimum Gasteiger partial charge on any atom is -0.466 e. The standard InChI is InChI=1S/C21H35NO4.C15H30N2O.C12H14N2.C2H6/c1-7-8-9-12-18(16(2)20(24)25-6)17(14-15-22)11-10-13-19(23)26-21(3,4)5;1-5-8-15(9-7-14-18-6-2)10-12-17(4)13-11-16-3;1-4-9-14-12(13-3)11-7-5-10(2)6-8-11;1-2/h9,11-12H,7-8,10,13-15,22H2,1-6H3;7-9,16H,5-6,10-14H2,1-4H3;4-9H,3H2,1-2H3;1-2H3/b12-9-,17-11+,18-16-;9-7-,15-8+;9-4-,14-12?;. The van der Waals surface area contributed by atoms with Crippen LogP contribution in [0.3, 0.4) is 0 Å². The Bertz CT molecular complexity index is 1500. The molecule has 0 saturated carbocycles. The van der Waals surface area contributed by atoms with Crippen LogP contribution in [0.1, 0.15) is 125 Å². The number of nitrogens with two attached hydrogens (primary N) is 1. The van der Waals surface area contributed by atoms with Gasteiger partial charge < -0.3 is 30.2 Å². The number of aliphatic imine (C=N–C) groups is 2. The molecule has 0 bridgehead atoms. The molecule has 0 fully saturated rings. The number of amidine groups is 1. The monoisotopic (exact) mass is 836 g/mol. The third kappa shape index (κ3) is 33.6. The van der Waals surface area contributed by atoms with Crippen molar-refractivity contribution in [1.29, 1.82) is 0 Å². The summed E-state index contributed by atoms with van der Waals surface area (Å²) < 4.78 is 15.5. The molecule has 3 N–H and O–H groups in total. The third-order valence-electron chi connectivity index (χ3n) is 8.10. The van der Waals surface area contributed by atoms with Crippen molar-refractivity contribution < 1.29 is 23.8 Å². The maximum Gasteiger partial charge on any atom is 0.334 e. The number of likely N-dealkylation sites (N-methyl/N-ethyl adjacent to an activating group) is 2. The first-order valence-corrected chi connectivity index (χ1v) is 21.7. The van der Waals surface area contributed by atoms with Crippen LogP contribution in [-0.4, -0.2) is 95.6 Å². The maximum atomic E-state index is 12.0. The third-order valence-corrected chi connectivity index (χ3v) is 8.10. The summed E-state index contributed by atoms with van der Waals surface area (Å²) in [6, 6.07) is 8.05. The van der Waals surface area contributed by atoms with Crippen LogP contribution in [0.2, 0.25) is 0 Å². The molecule has 0 heterocycles. The number of aryl methyl sites for hydroxylation is 1. The average molecular weight is 836 g/mol. The highest BCUT2D eigenvalue weighted by Crippen LogP contribution is 2.22. The molecule has 10 nitrogen and oxygen atoms in total. The van der Waals surface area contributed by atoms with Crippen LogP contribution in [0.5, 0.6) is 0 Å². The lowest BCUT2D eigenvalue weighted by molar-refractivity contribution is -0.154. The number of allylic oxidation sites excluding steroid dienone is 7. The van der Waals surface area contributed by atoms with Crippen molar-refractivity contribution >= 4 is 24.5 Å². The van der Waals surface area contributed by atoms with Crippen molar-refractivity contribution in [2.24, 2.45) is 15.7 Å². The molecule has 0 aliphatic heterocycles. The predicted molar refractivity (Wildman–Crippen MR) is 259 cm³/mol. The van der Waals surface area contributed by atoms with E-state index in [2.05, 4.69) is 66.0 Å². The molecule has 1 aromatic rings. The van der Waals surface area contributed by atoms with Gasteiger partial charge in [-0.05, 0) is 119 Å². The number of methoxy groups -OCH3 is 1. The minimum absolute atomic E-state index is 0.238. The number of carbonyl (C=O) groups is 2. The smallest absolute Gasteiger partial charge is 0.334 e. The summed E-state index contributed by atoms with van der Waals surface area (Å²) in [7, 11) is 5.53. The molecule has 0 saturated heterocycles. The zero-order valence-corrected chi connectivity index (χ0v) is 40.3. The molecule has 0 aliphatic carbocycles. The Morgan fingerprint density at radius 3 is 2.15 bits per heavy atom. The Labute approximate surface area is 366 Å². The average Bonchev–Trinajstić information content (AvgIpc) is 3.23. The summed E-state index contributed by atoms with van der Waals surface area (Å²) in [5, 5.41) is 3.17. The van der Waals surface area contributed by atoms with E-state index in [-0.39, 0.29) is 18.4 Å². The summed E-state index contributed by atoms with van der Waals surface area (Å²) in [4.78, 5) is 34.3. The van der Waals surface area contributed by atoms with Crippen LogP contribution < -0.4 is 11.1 Å². The first kappa shape index (κ1) is 60.1. The van der Waals surface area contributed by atoms with Gasteiger partial charge >= 0.3 is 11.9 Å². The summed E-state index contributed by atoms with van der Waals surface area (Å²) in [6.45, 7) is 30.2. The highest BCUT2D eigenvalue weighted by Gasteiger charge is 2.16. The maximum absolute atomic E-state index is 12.0. The molecular weight excluding hydrogens is 751 g/mol. The molecule has 10 heteroatoms. The van der Waals surface area contributed by atoms with E-state index >= 15 is 0 Å². The first-order chi connectivity index (χ1) is 28.7. The highest BCUT2D eigenvalue weighted by molar-refractivity contribution is 6.01. The molecule has 340 valence electrons. The number of hydrogen-bond donors (Lipinski definition) is 2. The summed E-state index contributed by atoms with van der Waals surface area (Å²) in [5.74, 6) is 0.0527. The van der Waals surface area contributed by atoms with E-state index in [1.54, 1.807) is 13.1 Å². The van der Waals surface area contributed by atoms with Crippen LogP contribution in [0.4, 0.5) is 0 Å². The minimum atomic E-state index is -0.490. The summed E-state index contributed by atoms with van der Waals surface area (Å²) in [5.41, 5.74) is 11.2. The molecule has 0 aliphatic rings. The van der Waals surface area contributed by atoms with Crippen molar-refractivity contribution in [2.45, 2.75) is 127 Å². The quantitative estimate of drug-likeness (QED) is 0.0279. The molecule has 60 heavy (non-hydrogen) atoms. The largest absolute Gasteiger partial charge is 0.466 e. The zero-order chi connectivity index (χ0) is 46.2.